The molecule has 0 unspecified atom stereocenters. The number of halogens is 4. The number of ether oxygens (including phenoxy) is 1. The molecule has 2 aromatic carbocycles. The largest absolute Gasteiger partial charge is 0.497 e. The Morgan fingerprint density at radius 3 is 2.36 bits per heavy atom. The topological polar surface area (TPSA) is 79.5 Å². The number of urea groups is 1. The molecule has 2 aromatic rings. The second-order valence-electron chi connectivity index (χ2n) is 6.06. The van der Waals surface area contributed by atoms with Crippen molar-refractivity contribution in [2.45, 2.75) is 12.0 Å². The quantitative estimate of drug-likeness (QED) is 0.694. The highest BCUT2D eigenvalue weighted by molar-refractivity contribution is 5.95. The Bertz CT molecular complexity index is 915. The molecule has 1 saturated heterocycles. The van der Waals surface area contributed by atoms with Crippen LogP contribution in [0.2, 0.25) is 0 Å². The molecule has 0 bridgehead atoms. The molecule has 3 rings (SSSR count). The van der Waals surface area contributed by atoms with E-state index in [1.807, 2.05) is 0 Å². The van der Waals surface area contributed by atoms with Gasteiger partial charge >= 0.3 is 6.03 Å². The van der Waals surface area contributed by atoms with Gasteiger partial charge in [-0.05, 0) is 12.1 Å². The van der Waals surface area contributed by atoms with Crippen molar-refractivity contribution >= 4 is 17.6 Å². The Labute approximate surface area is 156 Å². The molecule has 3 amide bonds. The zero-order valence-electron chi connectivity index (χ0n) is 14.5. The lowest BCUT2D eigenvalue weighted by molar-refractivity contribution is -0.120. The fraction of sp³-hybridized carbons (Fsp3) is 0.222. The van der Waals surface area contributed by atoms with Crippen molar-refractivity contribution in [2.75, 3.05) is 19.0 Å². The van der Waals surface area contributed by atoms with Gasteiger partial charge in [0, 0.05) is 41.9 Å². The number of nitrogens with one attached hydrogen (secondary N) is 3. The minimum absolute atomic E-state index is 0.0309. The molecular formula is C18H15F4N3O3. The summed E-state index contributed by atoms with van der Waals surface area (Å²) in [7, 11) is 1.25. The number of rotatable bonds is 4. The van der Waals surface area contributed by atoms with Crippen LogP contribution in [0.5, 0.6) is 5.75 Å². The van der Waals surface area contributed by atoms with Crippen molar-refractivity contribution in [1.82, 2.24) is 10.6 Å². The van der Waals surface area contributed by atoms with E-state index >= 15 is 0 Å². The van der Waals surface area contributed by atoms with E-state index in [2.05, 4.69) is 16.0 Å². The van der Waals surface area contributed by atoms with Gasteiger partial charge < -0.3 is 20.7 Å². The summed E-state index contributed by atoms with van der Waals surface area (Å²) in [5.74, 6) is -5.80. The van der Waals surface area contributed by atoms with Crippen LogP contribution < -0.4 is 20.7 Å². The van der Waals surface area contributed by atoms with Crippen LogP contribution in [-0.4, -0.2) is 31.6 Å². The third-order valence-corrected chi connectivity index (χ3v) is 4.30. The lowest BCUT2D eigenvalue weighted by Gasteiger charge is -2.20. The summed E-state index contributed by atoms with van der Waals surface area (Å²) in [4.78, 5) is 24.2. The van der Waals surface area contributed by atoms with E-state index in [4.69, 9.17) is 4.74 Å². The van der Waals surface area contributed by atoms with Crippen LogP contribution >= 0.6 is 0 Å². The van der Waals surface area contributed by atoms with Crippen molar-refractivity contribution in [3.8, 4) is 5.75 Å². The van der Waals surface area contributed by atoms with E-state index in [9.17, 15) is 27.2 Å². The Kier molecular flexibility index (Phi) is 5.39. The van der Waals surface area contributed by atoms with Gasteiger partial charge in [0.1, 0.15) is 23.4 Å². The van der Waals surface area contributed by atoms with Crippen LogP contribution in [0.3, 0.4) is 0 Å². The van der Waals surface area contributed by atoms with Crippen molar-refractivity contribution in [3.05, 3.63) is 59.2 Å². The Hall–Kier alpha value is -3.30. The highest BCUT2D eigenvalue weighted by Gasteiger charge is 2.40. The summed E-state index contributed by atoms with van der Waals surface area (Å²) < 4.78 is 59.7. The zero-order chi connectivity index (χ0) is 20.4. The van der Waals surface area contributed by atoms with E-state index in [1.54, 1.807) is 0 Å². The molecule has 0 aromatic heterocycles. The standard InChI is InChI=1S/C18H15F4N3O3/c1-28-9-5-13(21)15(14(22)6-9)10-7-23-17(26)16(10)25-18(27)24-8-2-3-11(19)12(20)4-8/h2-6,10,16H,7H2,1H3,(H,23,26)(H2,24,25,27)/t10-,16-/m0/s1. The predicted octanol–water partition coefficient (Wildman–Crippen LogP) is 2.66. The summed E-state index contributed by atoms with van der Waals surface area (Å²) >= 11 is 0. The lowest BCUT2D eigenvalue weighted by atomic mass is 9.93. The van der Waals surface area contributed by atoms with Gasteiger partial charge in [0.15, 0.2) is 11.6 Å². The van der Waals surface area contributed by atoms with E-state index in [1.165, 1.54) is 7.11 Å². The number of amides is 3. The molecule has 10 heteroatoms. The maximum Gasteiger partial charge on any atom is 0.319 e. The summed E-state index contributed by atoms with van der Waals surface area (Å²) in [5.41, 5.74) is -0.439. The molecule has 6 nitrogen and oxygen atoms in total. The maximum absolute atomic E-state index is 14.4. The Balaban J connectivity index is 1.79. The van der Waals surface area contributed by atoms with Gasteiger partial charge in [0.05, 0.1) is 7.11 Å². The molecule has 148 valence electrons. The number of anilines is 1. The molecule has 0 radical (unpaired) electrons. The first-order chi connectivity index (χ1) is 13.3. The molecule has 1 aliphatic rings. The molecule has 28 heavy (non-hydrogen) atoms. The van der Waals surface area contributed by atoms with Crippen LogP contribution in [0.25, 0.3) is 0 Å². The lowest BCUT2D eigenvalue weighted by Crippen LogP contribution is -2.45. The highest BCUT2D eigenvalue weighted by Crippen LogP contribution is 2.31. The zero-order valence-corrected chi connectivity index (χ0v) is 14.5. The average molecular weight is 397 g/mol. The van der Waals surface area contributed by atoms with E-state index in [0.29, 0.717) is 0 Å². The van der Waals surface area contributed by atoms with Crippen LogP contribution in [0.4, 0.5) is 28.0 Å². The average Bonchev–Trinajstić information content (AvgIpc) is 2.98. The number of carbonyl (C=O) groups excluding carboxylic acids is 2. The van der Waals surface area contributed by atoms with Crippen molar-refractivity contribution in [2.24, 2.45) is 0 Å². The van der Waals surface area contributed by atoms with Crippen molar-refractivity contribution in [3.63, 3.8) is 0 Å². The molecule has 0 aliphatic carbocycles. The molecular weight excluding hydrogens is 382 g/mol. The SMILES string of the molecule is COc1cc(F)c([C@@H]2CNC(=O)[C@H]2NC(=O)Nc2ccc(F)c(F)c2)c(F)c1. The van der Waals surface area contributed by atoms with Gasteiger partial charge in [0.25, 0.3) is 0 Å². The molecule has 2 atom stereocenters. The Morgan fingerprint density at radius 2 is 1.75 bits per heavy atom. The molecule has 3 N–H and O–H groups in total. The molecule has 0 saturated carbocycles. The monoisotopic (exact) mass is 397 g/mol. The summed E-state index contributed by atoms with van der Waals surface area (Å²) in [6.45, 7) is -0.102. The highest BCUT2D eigenvalue weighted by atomic mass is 19.2. The van der Waals surface area contributed by atoms with Crippen LogP contribution in [-0.2, 0) is 4.79 Å². The van der Waals surface area contributed by atoms with E-state index in [0.717, 1.165) is 30.3 Å². The van der Waals surface area contributed by atoms with Gasteiger partial charge in [-0.1, -0.05) is 0 Å². The number of hydrogen-bond acceptors (Lipinski definition) is 3. The summed E-state index contributed by atoms with van der Waals surface area (Å²) in [5, 5.41) is 6.96. The fourth-order valence-electron chi connectivity index (χ4n) is 2.97. The van der Waals surface area contributed by atoms with Gasteiger partial charge in [-0.3, -0.25) is 4.79 Å². The number of hydrogen-bond donors (Lipinski definition) is 3. The van der Waals surface area contributed by atoms with Gasteiger partial charge in [-0.25, -0.2) is 22.4 Å². The number of methoxy groups -OCH3 is 1. The molecule has 1 aliphatic heterocycles. The van der Waals surface area contributed by atoms with Gasteiger partial charge in [-0.15, -0.1) is 0 Å². The van der Waals surface area contributed by atoms with Crippen LogP contribution in [0.1, 0.15) is 11.5 Å². The maximum atomic E-state index is 14.4. The minimum atomic E-state index is -1.28. The van der Waals surface area contributed by atoms with E-state index in [-0.39, 0.29) is 23.5 Å². The van der Waals surface area contributed by atoms with Crippen LogP contribution in [0.15, 0.2) is 30.3 Å². The molecule has 1 heterocycles. The van der Waals surface area contributed by atoms with Crippen LogP contribution in [0, 0.1) is 23.3 Å². The van der Waals surface area contributed by atoms with Gasteiger partial charge in [0.2, 0.25) is 5.91 Å². The Morgan fingerprint density at radius 1 is 1.07 bits per heavy atom. The van der Waals surface area contributed by atoms with E-state index < -0.39 is 47.2 Å². The summed E-state index contributed by atoms with van der Waals surface area (Å²) in [6.07, 6.45) is 0. The fourth-order valence-corrected chi connectivity index (χ4v) is 2.97. The second kappa shape index (κ2) is 7.75. The van der Waals surface area contributed by atoms with Crippen molar-refractivity contribution < 1.29 is 31.9 Å². The summed E-state index contributed by atoms with van der Waals surface area (Å²) in [6, 6.07) is 2.43. The van der Waals surface area contributed by atoms with Crippen molar-refractivity contribution in [1.29, 1.82) is 0 Å². The first-order valence-corrected chi connectivity index (χ1v) is 8.13. The first kappa shape index (κ1) is 19.5. The normalized spacial score (nSPS) is 18.5. The minimum Gasteiger partial charge on any atom is -0.497 e. The third-order valence-electron chi connectivity index (χ3n) is 4.30. The second-order valence-corrected chi connectivity index (χ2v) is 6.06. The number of benzene rings is 2. The first-order valence-electron chi connectivity index (χ1n) is 8.13. The number of carbonyl (C=O) groups is 2. The van der Waals surface area contributed by atoms with Gasteiger partial charge in [-0.2, -0.15) is 0 Å². The smallest absolute Gasteiger partial charge is 0.319 e. The molecule has 1 fully saturated rings. The molecule has 0 spiro atoms. The predicted molar refractivity (Wildman–Crippen MR) is 91.0 cm³/mol. The third kappa shape index (κ3) is 3.85.